The standard InChI is InChI=1S/C20H30O2/c1-13(2)7-6-9-19(4)15-8-10-20(5)18(22-20)12-17(21)14(3)11-16(15)19/h7,11,15-16,18H,6,8-10,12H2,1-5H3. The molecule has 0 bridgehead atoms. The number of carbonyl (C=O) groups is 1. The van der Waals surface area contributed by atoms with Crippen molar-refractivity contribution in [2.75, 3.05) is 0 Å². The third kappa shape index (κ3) is 2.82. The Hall–Kier alpha value is -0.890. The molecule has 0 N–H and O–H groups in total. The molecule has 5 atom stereocenters. The van der Waals surface area contributed by atoms with Crippen LogP contribution >= 0.6 is 0 Å². The number of carbonyl (C=O) groups excluding carboxylic acids is 1. The molecule has 0 aromatic heterocycles. The smallest absolute Gasteiger partial charge is 0.160 e. The second-order valence-corrected chi connectivity index (χ2v) is 8.39. The molecular formula is C20H30O2. The summed E-state index contributed by atoms with van der Waals surface area (Å²) in [5.74, 6) is 1.59. The number of Topliss-reactive ketones (excluding diaryl/α,β-unsaturated/α-hetero) is 1. The average Bonchev–Trinajstić information content (AvgIpc) is 3.23. The van der Waals surface area contributed by atoms with Gasteiger partial charge in [-0.15, -0.1) is 0 Å². The van der Waals surface area contributed by atoms with Gasteiger partial charge < -0.3 is 4.74 Å². The van der Waals surface area contributed by atoms with Gasteiger partial charge in [-0.25, -0.2) is 0 Å². The summed E-state index contributed by atoms with van der Waals surface area (Å²) in [4.78, 5) is 12.3. The third-order valence-corrected chi connectivity index (χ3v) is 6.40. The van der Waals surface area contributed by atoms with Gasteiger partial charge in [0.25, 0.3) is 0 Å². The topological polar surface area (TPSA) is 29.6 Å². The van der Waals surface area contributed by atoms with E-state index in [2.05, 4.69) is 39.8 Å². The fourth-order valence-electron chi connectivity index (χ4n) is 4.44. The zero-order valence-corrected chi connectivity index (χ0v) is 14.7. The maximum atomic E-state index is 12.3. The minimum Gasteiger partial charge on any atom is -0.366 e. The zero-order valence-electron chi connectivity index (χ0n) is 14.7. The lowest BCUT2D eigenvalue weighted by molar-refractivity contribution is -0.115. The van der Waals surface area contributed by atoms with Crippen molar-refractivity contribution in [2.24, 2.45) is 17.3 Å². The van der Waals surface area contributed by atoms with E-state index in [-0.39, 0.29) is 17.5 Å². The van der Waals surface area contributed by atoms with Crippen LogP contribution in [-0.2, 0) is 9.53 Å². The van der Waals surface area contributed by atoms with Crippen LogP contribution in [0.25, 0.3) is 0 Å². The highest BCUT2D eigenvalue weighted by Gasteiger charge is 2.61. The van der Waals surface area contributed by atoms with Crippen LogP contribution in [0.3, 0.4) is 0 Å². The predicted molar refractivity (Wildman–Crippen MR) is 89.6 cm³/mol. The van der Waals surface area contributed by atoms with Gasteiger partial charge in [-0.05, 0) is 76.2 Å². The summed E-state index contributed by atoms with van der Waals surface area (Å²) in [7, 11) is 0. The molecule has 2 fully saturated rings. The molecule has 2 nitrogen and oxygen atoms in total. The fourth-order valence-corrected chi connectivity index (χ4v) is 4.44. The zero-order chi connectivity index (χ0) is 16.1. The van der Waals surface area contributed by atoms with Gasteiger partial charge in [0, 0.05) is 6.42 Å². The first-order valence-electron chi connectivity index (χ1n) is 8.79. The molecule has 5 unspecified atom stereocenters. The van der Waals surface area contributed by atoms with Gasteiger partial charge in [0.1, 0.15) is 0 Å². The highest BCUT2D eigenvalue weighted by Crippen LogP contribution is 2.65. The Balaban J connectivity index is 1.75. The van der Waals surface area contributed by atoms with Crippen molar-refractivity contribution in [3.8, 4) is 0 Å². The van der Waals surface area contributed by atoms with Crippen LogP contribution < -0.4 is 0 Å². The largest absolute Gasteiger partial charge is 0.366 e. The number of hydrogen-bond donors (Lipinski definition) is 0. The number of hydrogen-bond acceptors (Lipinski definition) is 2. The SMILES string of the molecule is CC(C)=CCCC1(C)C2C=C(C)C(=O)CC3OC3(C)CCC21. The van der Waals surface area contributed by atoms with E-state index < -0.39 is 0 Å². The van der Waals surface area contributed by atoms with Crippen molar-refractivity contribution >= 4 is 5.78 Å². The molecule has 3 aliphatic rings. The van der Waals surface area contributed by atoms with E-state index in [1.807, 2.05) is 6.92 Å². The molecule has 2 heteroatoms. The summed E-state index contributed by atoms with van der Waals surface area (Å²) in [5, 5.41) is 0. The average molecular weight is 302 g/mol. The summed E-state index contributed by atoms with van der Waals surface area (Å²) in [5.41, 5.74) is 2.71. The van der Waals surface area contributed by atoms with Gasteiger partial charge in [0.15, 0.2) is 5.78 Å². The molecule has 0 radical (unpaired) electrons. The van der Waals surface area contributed by atoms with Crippen LogP contribution in [0.1, 0.15) is 66.7 Å². The Morgan fingerprint density at radius 1 is 1.41 bits per heavy atom. The highest BCUT2D eigenvalue weighted by atomic mass is 16.6. The van der Waals surface area contributed by atoms with Crippen molar-refractivity contribution in [1.82, 2.24) is 0 Å². The molecule has 2 aliphatic carbocycles. The molecular weight excluding hydrogens is 272 g/mol. The molecule has 1 saturated heterocycles. The summed E-state index contributed by atoms with van der Waals surface area (Å²) < 4.78 is 5.85. The Labute approximate surface area is 135 Å². The first kappa shape index (κ1) is 16.0. The molecule has 0 spiro atoms. The van der Waals surface area contributed by atoms with Gasteiger partial charge in [-0.1, -0.05) is 24.6 Å². The summed E-state index contributed by atoms with van der Waals surface area (Å²) >= 11 is 0. The molecule has 122 valence electrons. The molecule has 1 aliphatic heterocycles. The Kier molecular flexibility index (Phi) is 3.87. The number of allylic oxidation sites excluding steroid dienone is 4. The van der Waals surface area contributed by atoms with E-state index in [0.29, 0.717) is 17.8 Å². The van der Waals surface area contributed by atoms with Gasteiger partial charge >= 0.3 is 0 Å². The summed E-state index contributed by atoms with van der Waals surface area (Å²) in [6.07, 6.45) is 10.1. The van der Waals surface area contributed by atoms with Crippen molar-refractivity contribution < 1.29 is 9.53 Å². The fraction of sp³-hybridized carbons (Fsp3) is 0.750. The molecule has 1 heterocycles. The Morgan fingerprint density at radius 2 is 2.14 bits per heavy atom. The van der Waals surface area contributed by atoms with Crippen molar-refractivity contribution in [1.29, 1.82) is 0 Å². The second kappa shape index (κ2) is 5.33. The van der Waals surface area contributed by atoms with Crippen molar-refractivity contribution in [3.63, 3.8) is 0 Å². The number of rotatable bonds is 3. The van der Waals surface area contributed by atoms with Crippen LogP contribution in [0.15, 0.2) is 23.3 Å². The quantitative estimate of drug-likeness (QED) is 0.551. The number of ether oxygens (including phenoxy) is 1. The molecule has 0 aromatic carbocycles. The van der Waals surface area contributed by atoms with Gasteiger partial charge in [0.05, 0.1) is 11.7 Å². The van der Waals surface area contributed by atoms with Crippen LogP contribution in [-0.4, -0.2) is 17.5 Å². The van der Waals surface area contributed by atoms with E-state index in [4.69, 9.17) is 4.74 Å². The third-order valence-electron chi connectivity index (χ3n) is 6.40. The number of fused-ring (bicyclic) bond motifs is 2. The lowest BCUT2D eigenvalue weighted by atomic mass is 9.92. The second-order valence-electron chi connectivity index (χ2n) is 8.39. The van der Waals surface area contributed by atoms with E-state index in [1.54, 1.807) is 0 Å². The molecule has 0 amide bonds. The first-order valence-corrected chi connectivity index (χ1v) is 8.79. The van der Waals surface area contributed by atoms with Gasteiger partial charge in [-0.2, -0.15) is 0 Å². The maximum absolute atomic E-state index is 12.3. The predicted octanol–water partition coefficient (Wildman–Crippen LogP) is 4.84. The lowest BCUT2D eigenvalue weighted by Gasteiger charge is -2.11. The molecule has 3 rings (SSSR count). The van der Waals surface area contributed by atoms with E-state index >= 15 is 0 Å². The summed E-state index contributed by atoms with van der Waals surface area (Å²) in [6.45, 7) is 10.9. The van der Waals surface area contributed by atoms with Crippen molar-refractivity contribution in [2.45, 2.75) is 78.4 Å². The van der Waals surface area contributed by atoms with Crippen LogP contribution in [0.5, 0.6) is 0 Å². The minimum atomic E-state index is -0.0265. The van der Waals surface area contributed by atoms with Crippen LogP contribution in [0, 0.1) is 17.3 Å². The number of epoxide rings is 1. The Bertz CT molecular complexity index is 540. The van der Waals surface area contributed by atoms with E-state index in [0.717, 1.165) is 24.3 Å². The van der Waals surface area contributed by atoms with Crippen LogP contribution in [0.4, 0.5) is 0 Å². The first-order chi connectivity index (χ1) is 10.3. The minimum absolute atomic E-state index is 0.0265. The Morgan fingerprint density at radius 3 is 2.82 bits per heavy atom. The number of ketones is 1. The van der Waals surface area contributed by atoms with Gasteiger partial charge in [-0.3, -0.25) is 4.79 Å². The highest BCUT2D eigenvalue weighted by molar-refractivity contribution is 5.95. The maximum Gasteiger partial charge on any atom is 0.160 e. The van der Waals surface area contributed by atoms with Gasteiger partial charge in [0.2, 0.25) is 0 Å². The van der Waals surface area contributed by atoms with Crippen molar-refractivity contribution in [3.05, 3.63) is 23.3 Å². The molecule has 0 aromatic rings. The normalized spacial score (nSPS) is 43.6. The molecule has 22 heavy (non-hydrogen) atoms. The lowest BCUT2D eigenvalue weighted by Crippen LogP contribution is -2.15. The summed E-state index contributed by atoms with van der Waals surface area (Å²) in [6, 6.07) is 0. The molecule has 1 saturated carbocycles. The van der Waals surface area contributed by atoms with E-state index in [9.17, 15) is 4.79 Å². The van der Waals surface area contributed by atoms with Crippen LogP contribution in [0.2, 0.25) is 0 Å². The van der Waals surface area contributed by atoms with E-state index in [1.165, 1.54) is 18.4 Å². The monoisotopic (exact) mass is 302 g/mol.